The summed E-state index contributed by atoms with van der Waals surface area (Å²) in [5.74, 6) is 0. The number of nitrogens with one attached hydrogen (secondary N) is 1. The first kappa shape index (κ1) is 16.1. The van der Waals surface area contributed by atoms with Gasteiger partial charge in [0.1, 0.15) is 0 Å². The van der Waals surface area contributed by atoms with Crippen molar-refractivity contribution in [3.05, 3.63) is 29.8 Å². The second kappa shape index (κ2) is 7.00. The van der Waals surface area contributed by atoms with Crippen molar-refractivity contribution in [3.63, 3.8) is 0 Å². The molecule has 0 aliphatic carbocycles. The van der Waals surface area contributed by atoms with Crippen LogP contribution in [0, 0.1) is 0 Å². The van der Waals surface area contributed by atoms with E-state index in [1.165, 1.54) is 12.1 Å². The smallest absolute Gasteiger partial charge is 0.238 e. The van der Waals surface area contributed by atoms with Gasteiger partial charge < -0.3 is 10.4 Å². The van der Waals surface area contributed by atoms with Crippen LogP contribution in [0.2, 0.25) is 0 Å². The molecule has 19 heavy (non-hydrogen) atoms. The van der Waals surface area contributed by atoms with Gasteiger partial charge in [0.2, 0.25) is 10.0 Å². The Morgan fingerprint density at radius 1 is 1.26 bits per heavy atom. The Hall–Kier alpha value is -0.950. The van der Waals surface area contributed by atoms with Gasteiger partial charge in [0.15, 0.2) is 0 Å². The third-order valence-electron chi connectivity index (χ3n) is 2.96. The number of primary sulfonamides is 1. The number of hydrogen-bond acceptors (Lipinski definition) is 4. The van der Waals surface area contributed by atoms with E-state index in [2.05, 4.69) is 5.32 Å². The minimum absolute atomic E-state index is 0.123. The number of aliphatic hydroxyl groups is 1. The number of rotatable bonds is 7. The number of aliphatic hydroxyl groups excluding tert-OH is 1. The Labute approximate surface area is 114 Å². The highest BCUT2D eigenvalue weighted by Gasteiger charge is 2.09. The molecule has 1 aromatic rings. The average molecular weight is 286 g/mol. The fourth-order valence-corrected chi connectivity index (χ4v) is 2.30. The molecular weight excluding hydrogens is 264 g/mol. The molecule has 108 valence electrons. The maximum Gasteiger partial charge on any atom is 0.238 e. The normalized spacial score (nSPS) is 15.2. The summed E-state index contributed by atoms with van der Waals surface area (Å²) in [7, 11) is -3.62. The molecule has 0 aromatic heterocycles. The zero-order valence-corrected chi connectivity index (χ0v) is 12.2. The van der Waals surface area contributed by atoms with Crippen LogP contribution in [-0.2, 0) is 10.0 Å². The van der Waals surface area contributed by atoms with Gasteiger partial charge in [-0.3, -0.25) is 0 Å². The molecule has 0 heterocycles. The van der Waals surface area contributed by atoms with Crippen molar-refractivity contribution >= 4 is 10.0 Å². The highest BCUT2D eigenvalue weighted by Crippen LogP contribution is 2.15. The van der Waals surface area contributed by atoms with E-state index in [0.29, 0.717) is 0 Å². The van der Waals surface area contributed by atoms with Crippen LogP contribution in [0.15, 0.2) is 29.2 Å². The first-order valence-corrected chi connectivity index (χ1v) is 7.89. The molecular formula is C13H22N2O3S. The average Bonchev–Trinajstić information content (AvgIpc) is 2.33. The minimum Gasteiger partial charge on any atom is -0.393 e. The monoisotopic (exact) mass is 286 g/mol. The molecule has 0 bridgehead atoms. The molecule has 0 fully saturated rings. The van der Waals surface area contributed by atoms with Crippen LogP contribution in [0.1, 0.15) is 38.3 Å². The molecule has 5 nitrogen and oxygen atoms in total. The summed E-state index contributed by atoms with van der Waals surface area (Å²) in [6.45, 7) is 4.59. The maximum absolute atomic E-state index is 11.1. The van der Waals surface area contributed by atoms with Crippen molar-refractivity contribution < 1.29 is 13.5 Å². The van der Waals surface area contributed by atoms with Crippen LogP contribution in [0.5, 0.6) is 0 Å². The van der Waals surface area contributed by atoms with E-state index in [1.54, 1.807) is 19.1 Å². The largest absolute Gasteiger partial charge is 0.393 e. The number of benzene rings is 1. The maximum atomic E-state index is 11.1. The fraction of sp³-hybridized carbons (Fsp3) is 0.538. The lowest BCUT2D eigenvalue weighted by molar-refractivity contribution is 0.181. The molecule has 0 amide bonds. The summed E-state index contributed by atoms with van der Waals surface area (Å²) in [6, 6.07) is 6.67. The lowest BCUT2D eigenvalue weighted by atomic mass is 10.1. The lowest BCUT2D eigenvalue weighted by Crippen LogP contribution is -2.21. The van der Waals surface area contributed by atoms with Crippen molar-refractivity contribution in [3.8, 4) is 0 Å². The van der Waals surface area contributed by atoms with Crippen molar-refractivity contribution in [2.45, 2.75) is 43.7 Å². The predicted octanol–water partition coefficient (Wildman–Crippen LogP) is 1.15. The van der Waals surface area contributed by atoms with Crippen molar-refractivity contribution in [1.29, 1.82) is 0 Å². The van der Waals surface area contributed by atoms with Crippen molar-refractivity contribution in [1.82, 2.24) is 5.32 Å². The number of nitrogens with two attached hydrogens (primary N) is 1. The molecule has 0 spiro atoms. The van der Waals surface area contributed by atoms with E-state index in [-0.39, 0.29) is 17.0 Å². The van der Waals surface area contributed by atoms with Gasteiger partial charge in [-0.05, 0) is 50.9 Å². The van der Waals surface area contributed by atoms with Gasteiger partial charge in [-0.15, -0.1) is 0 Å². The third kappa shape index (κ3) is 5.69. The summed E-state index contributed by atoms with van der Waals surface area (Å²) in [5.41, 5.74) is 1.00. The zero-order chi connectivity index (χ0) is 14.5. The second-order valence-corrected chi connectivity index (χ2v) is 6.34. The summed E-state index contributed by atoms with van der Waals surface area (Å²) in [6.07, 6.45) is 1.40. The van der Waals surface area contributed by atoms with Crippen LogP contribution in [0.4, 0.5) is 0 Å². The van der Waals surface area contributed by atoms with Gasteiger partial charge in [-0.25, -0.2) is 13.6 Å². The van der Waals surface area contributed by atoms with E-state index in [4.69, 9.17) is 10.2 Å². The highest BCUT2D eigenvalue weighted by atomic mass is 32.2. The molecule has 1 aromatic carbocycles. The van der Waals surface area contributed by atoms with Crippen molar-refractivity contribution in [2.75, 3.05) is 6.54 Å². The number of sulfonamides is 1. The summed E-state index contributed by atoms with van der Waals surface area (Å²) >= 11 is 0. The molecule has 2 unspecified atom stereocenters. The van der Waals surface area contributed by atoms with E-state index >= 15 is 0 Å². The Balaban J connectivity index is 2.51. The van der Waals surface area contributed by atoms with E-state index in [9.17, 15) is 8.42 Å². The molecule has 1 rings (SSSR count). The quantitative estimate of drug-likeness (QED) is 0.655. The second-order valence-electron chi connectivity index (χ2n) is 4.78. The fourth-order valence-electron chi connectivity index (χ4n) is 1.78. The van der Waals surface area contributed by atoms with Crippen LogP contribution >= 0.6 is 0 Å². The molecule has 6 heteroatoms. The minimum atomic E-state index is -3.62. The first-order valence-electron chi connectivity index (χ1n) is 6.35. The lowest BCUT2D eigenvalue weighted by Gasteiger charge is -2.15. The molecule has 2 atom stereocenters. The Morgan fingerprint density at radius 2 is 1.84 bits per heavy atom. The number of hydrogen-bond donors (Lipinski definition) is 3. The SMILES string of the molecule is CC(O)CCCNC(C)c1ccc(S(N)(=O)=O)cc1. The van der Waals surface area contributed by atoms with Gasteiger partial charge in [-0.2, -0.15) is 0 Å². The van der Waals surface area contributed by atoms with Gasteiger partial charge >= 0.3 is 0 Å². The van der Waals surface area contributed by atoms with E-state index in [1.807, 2.05) is 6.92 Å². The summed E-state index contributed by atoms with van der Waals surface area (Å²) < 4.78 is 22.3. The standard InChI is InChI=1S/C13H22N2O3S/c1-10(16)4-3-9-15-11(2)12-5-7-13(8-6-12)19(14,17)18/h5-8,10-11,15-16H,3-4,9H2,1-2H3,(H2,14,17,18). The Bertz CT molecular complexity index is 483. The van der Waals surface area contributed by atoms with Gasteiger partial charge in [0, 0.05) is 6.04 Å². The van der Waals surface area contributed by atoms with Gasteiger partial charge in [0.25, 0.3) is 0 Å². The van der Waals surface area contributed by atoms with Crippen LogP contribution in [-0.4, -0.2) is 26.2 Å². The van der Waals surface area contributed by atoms with Gasteiger partial charge in [0.05, 0.1) is 11.0 Å². The van der Waals surface area contributed by atoms with Gasteiger partial charge in [-0.1, -0.05) is 12.1 Å². The van der Waals surface area contributed by atoms with Crippen LogP contribution in [0.25, 0.3) is 0 Å². The molecule has 0 aliphatic rings. The van der Waals surface area contributed by atoms with Crippen LogP contribution < -0.4 is 10.5 Å². The molecule has 0 saturated carbocycles. The topological polar surface area (TPSA) is 92.4 Å². The Morgan fingerprint density at radius 3 is 2.32 bits per heavy atom. The van der Waals surface area contributed by atoms with Crippen LogP contribution in [0.3, 0.4) is 0 Å². The zero-order valence-electron chi connectivity index (χ0n) is 11.3. The molecule has 0 saturated heterocycles. The van der Waals surface area contributed by atoms with E-state index in [0.717, 1.165) is 24.9 Å². The highest BCUT2D eigenvalue weighted by molar-refractivity contribution is 7.89. The summed E-state index contributed by atoms with van der Waals surface area (Å²) in [4.78, 5) is 0.123. The van der Waals surface area contributed by atoms with E-state index < -0.39 is 10.0 Å². The molecule has 0 aliphatic heterocycles. The molecule has 0 radical (unpaired) electrons. The first-order chi connectivity index (χ1) is 8.80. The molecule has 4 N–H and O–H groups in total. The Kier molecular flexibility index (Phi) is 5.93. The van der Waals surface area contributed by atoms with Crippen molar-refractivity contribution in [2.24, 2.45) is 5.14 Å². The summed E-state index contributed by atoms with van der Waals surface area (Å²) in [5, 5.41) is 17.5. The predicted molar refractivity (Wildman–Crippen MR) is 75.1 cm³/mol. The third-order valence-corrected chi connectivity index (χ3v) is 3.89.